The molecule has 104 valence electrons. The van der Waals surface area contributed by atoms with E-state index in [1.807, 2.05) is 14.0 Å². The molecule has 0 unspecified atom stereocenters. The van der Waals surface area contributed by atoms with E-state index < -0.39 is 0 Å². The van der Waals surface area contributed by atoms with Crippen LogP contribution in [0.3, 0.4) is 0 Å². The maximum Gasteiger partial charge on any atom is 0.185 e. The SMILES string of the molecule is CCOCCN(C)c1nc(C(C)(C)C)c(CO)s1. The summed E-state index contributed by atoms with van der Waals surface area (Å²) in [4.78, 5) is 7.70. The van der Waals surface area contributed by atoms with Crippen LogP contribution in [-0.4, -0.2) is 36.9 Å². The number of thiazole rings is 1. The average Bonchev–Trinajstić information content (AvgIpc) is 2.73. The molecular weight excluding hydrogens is 248 g/mol. The molecule has 1 aromatic heterocycles. The third-order valence-corrected chi connectivity index (χ3v) is 3.80. The second-order valence-electron chi connectivity index (χ2n) is 5.29. The van der Waals surface area contributed by atoms with Gasteiger partial charge in [0.25, 0.3) is 0 Å². The van der Waals surface area contributed by atoms with Crippen molar-refractivity contribution in [3.8, 4) is 0 Å². The van der Waals surface area contributed by atoms with Crippen LogP contribution in [0.5, 0.6) is 0 Å². The van der Waals surface area contributed by atoms with E-state index in [0.29, 0.717) is 6.61 Å². The Hall–Kier alpha value is -0.650. The molecule has 0 aliphatic carbocycles. The fraction of sp³-hybridized carbons (Fsp3) is 0.769. The lowest BCUT2D eigenvalue weighted by atomic mass is 9.91. The molecule has 1 rings (SSSR count). The standard InChI is InChI=1S/C13H24N2O2S/c1-6-17-8-7-15(5)12-14-11(13(2,3)4)10(9-16)18-12/h16H,6-9H2,1-5H3. The van der Waals surface area contributed by atoms with Crippen LogP contribution in [0.2, 0.25) is 0 Å². The maximum atomic E-state index is 9.42. The van der Waals surface area contributed by atoms with Crippen LogP contribution in [0.15, 0.2) is 0 Å². The van der Waals surface area contributed by atoms with Gasteiger partial charge in [0.05, 0.1) is 23.8 Å². The van der Waals surface area contributed by atoms with E-state index in [9.17, 15) is 5.11 Å². The van der Waals surface area contributed by atoms with Crippen molar-refractivity contribution in [3.63, 3.8) is 0 Å². The van der Waals surface area contributed by atoms with Gasteiger partial charge in [0.2, 0.25) is 0 Å². The number of rotatable bonds is 6. The molecule has 0 atom stereocenters. The first-order chi connectivity index (χ1) is 8.40. The summed E-state index contributed by atoms with van der Waals surface area (Å²) in [5, 5.41) is 10.4. The number of hydrogen-bond donors (Lipinski definition) is 1. The van der Waals surface area contributed by atoms with Crippen LogP contribution in [0.1, 0.15) is 38.3 Å². The van der Waals surface area contributed by atoms with Crippen LogP contribution < -0.4 is 4.90 Å². The van der Waals surface area contributed by atoms with Crippen molar-refractivity contribution >= 4 is 16.5 Å². The number of aliphatic hydroxyl groups is 1. The fourth-order valence-corrected chi connectivity index (χ4v) is 2.75. The van der Waals surface area contributed by atoms with Crippen LogP contribution in [0.25, 0.3) is 0 Å². The lowest BCUT2D eigenvalue weighted by Gasteiger charge is -2.18. The van der Waals surface area contributed by atoms with E-state index in [1.165, 1.54) is 0 Å². The molecule has 0 radical (unpaired) electrons. The number of ether oxygens (including phenoxy) is 1. The zero-order chi connectivity index (χ0) is 13.8. The summed E-state index contributed by atoms with van der Waals surface area (Å²) in [7, 11) is 2.01. The van der Waals surface area contributed by atoms with E-state index in [-0.39, 0.29) is 12.0 Å². The summed E-state index contributed by atoms with van der Waals surface area (Å²) >= 11 is 1.56. The minimum absolute atomic E-state index is 0.0342. The van der Waals surface area contributed by atoms with Gasteiger partial charge < -0.3 is 14.7 Å². The van der Waals surface area contributed by atoms with Crippen LogP contribution in [0.4, 0.5) is 5.13 Å². The van der Waals surface area contributed by atoms with E-state index >= 15 is 0 Å². The second kappa shape index (κ2) is 6.50. The van der Waals surface area contributed by atoms with Gasteiger partial charge in [0.1, 0.15) is 0 Å². The molecule has 18 heavy (non-hydrogen) atoms. The molecule has 0 saturated heterocycles. The summed E-state index contributed by atoms with van der Waals surface area (Å²) in [5.74, 6) is 0. The molecule has 1 aromatic rings. The van der Waals surface area contributed by atoms with E-state index in [0.717, 1.165) is 28.9 Å². The predicted octanol–water partition coefficient (Wildman–Crippen LogP) is 2.41. The van der Waals surface area contributed by atoms with Crippen molar-refractivity contribution in [1.82, 2.24) is 4.98 Å². The Bertz CT molecular complexity index is 372. The van der Waals surface area contributed by atoms with Gasteiger partial charge in [0.15, 0.2) is 5.13 Å². The minimum atomic E-state index is -0.0342. The Kier molecular flexibility index (Phi) is 5.56. The van der Waals surface area contributed by atoms with Gasteiger partial charge in [-0.2, -0.15) is 0 Å². The third kappa shape index (κ3) is 3.93. The highest BCUT2D eigenvalue weighted by Gasteiger charge is 2.23. The number of hydrogen-bond acceptors (Lipinski definition) is 5. The zero-order valence-corrected chi connectivity index (χ0v) is 12.8. The molecule has 0 fully saturated rings. The van der Waals surface area contributed by atoms with Gasteiger partial charge in [-0.25, -0.2) is 4.98 Å². The largest absolute Gasteiger partial charge is 0.391 e. The van der Waals surface area contributed by atoms with E-state index in [2.05, 4.69) is 30.7 Å². The monoisotopic (exact) mass is 272 g/mol. The molecule has 0 saturated carbocycles. The fourth-order valence-electron chi connectivity index (χ4n) is 1.64. The Labute approximate surface area is 114 Å². The number of likely N-dealkylation sites (N-methyl/N-ethyl adjacent to an activating group) is 1. The number of aliphatic hydroxyl groups excluding tert-OH is 1. The van der Waals surface area contributed by atoms with Crippen molar-refractivity contribution in [1.29, 1.82) is 0 Å². The summed E-state index contributed by atoms with van der Waals surface area (Å²) in [5.41, 5.74) is 0.960. The Morgan fingerprint density at radius 1 is 1.39 bits per heavy atom. The molecule has 0 amide bonds. The van der Waals surface area contributed by atoms with Crippen LogP contribution in [-0.2, 0) is 16.8 Å². The molecule has 4 nitrogen and oxygen atoms in total. The lowest BCUT2D eigenvalue weighted by molar-refractivity contribution is 0.154. The summed E-state index contributed by atoms with van der Waals surface area (Å²) in [6.45, 7) is 10.7. The number of aromatic nitrogens is 1. The average molecular weight is 272 g/mol. The van der Waals surface area contributed by atoms with Gasteiger partial charge >= 0.3 is 0 Å². The van der Waals surface area contributed by atoms with E-state index in [4.69, 9.17) is 4.74 Å². The smallest absolute Gasteiger partial charge is 0.185 e. The molecule has 1 heterocycles. The minimum Gasteiger partial charge on any atom is -0.391 e. The molecule has 0 aromatic carbocycles. The van der Waals surface area contributed by atoms with Crippen LogP contribution >= 0.6 is 11.3 Å². The van der Waals surface area contributed by atoms with Gasteiger partial charge in [0, 0.05) is 25.6 Å². The highest BCUT2D eigenvalue weighted by atomic mass is 32.1. The Morgan fingerprint density at radius 3 is 2.50 bits per heavy atom. The predicted molar refractivity (Wildman–Crippen MR) is 76.5 cm³/mol. The van der Waals surface area contributed by atoms with Gasteiger partial charge in [-0.15, -0.1) is 0 Å². The quantitative estimate of drug-likeness (QED) is 0.808. The number of nitrogens with zero attached hydrogens (tertiary/aromatic N) is 2. The summed E-state index contributed by atoms with van der Waals surface area (Å²) < 4.78 is 5.34. The summed E-state index contributed by atoms with van der Waals surface area (Å²) in [6, 6.07) is 0. The van der Waals surface area contributed by atoms with Crippen molar-refractivity contribution in [2.24, 2.45) is 0 Å². The normalized spacial score (nSPS) is 11.9. The highest BCUT2D eigenvalue weighted by Crippen LogP contribution is 2.33. The van der Waals surface area contributed by atoms with Crippen molar-refractivity contribution in [3.05, 3.63) is 10.6 Å². The molecule has 1 N–H and O–H groups in total. The Balaban J connectivity index is 2.81. The first-order valence-corrected chi connectivity index (χ1v) is 7.11. The van der Waals surface area contributed by atoms with Crippen molar-refractivity contribution < 1.29 is 9.84 Å². The molecule has 5 heteroatoms. The third-order valence-electron chi connectivity index (χ3n) is 2.64. The topological polar surface area (TPSA) is 45.6 Å². The number of anilines is 1. The van der Waals surface area contributed by atoms with Gasteiger partial charge in [-0.3, -0.25) is 0 Å². The highest BCUT2D eigenvalue weighted by molar-refractivity contribution is 7.15. The van der Waals surface area contributed by atoms with Gasteiger partial charge in [-0.1, -0.05) is 32.1 Å². The first kappa shape index (κ1) is 15.4. The van der Waals surface area contributed by atoms with Crippen molar-refractivity contribution in [2.75, 3.05) is 31.7 Å². The van der Waals surface area contributed by atoms with E-state index in [1.54, 1.807) is 11.3 Å². The van der Waals surface area contributed by atoms with Crippen LogP contribution in [0, 0.1) is 0 Å². The first-order valence-electron chi connectivity index (χ1n) is 6.30. The molecule has 0 spiro atoms. The lowest BCUT2D eigenvalue weighted by Crippen LogP contribution is -2.23. The molecule has 0 aliphatic heterocycles. The Morgan fingerprint density at radius 2 is 2.06 bits per heavy atom. The maximum absolute atomic E-state index is 9.42. The molecular formula is C13H24N2O2S. The summed E-state index contributed by atoms with van der Waals surface area (Å²) in [6.07, 6.45) is 0. The zero-order valence-electron chi connectivity index (χ0n) is 12.0. The molecule has 0 aliphatic rings. The van der Waals surface area contributed by atoms with Crippen molar-refractivity contribution in [2.45, 2.75) is 39.7 Å². The molecule has 0 bridgehead atoms. The van der Waals surface area contributed by atoms with Gasteiger partial charge in [-0.05, 0) is 6.92 Å². The second-order valence-corrected chi connectivity index (χ2v) is 6.36.